The highest BCUT2D eigenvalue weighted by atomic mass is 31.2. The Balaban J connectivity index is 1.44. The fraction of sp³-hybridized carbons (Fsp3) is 0.657. The summed E-state index contributed by atoms with van der Waals surface area (Å²) in [6.45, 7) is 13.5. The first-order valence-electron chi connectivity index (χ1n) is 17.3. The quantitative estimate of drug-likeness (QED) is 0.278. The van der Waals surface area contributed by atoms with Crippen molar-refractivity contribution in [2.45, 2.75) is 110 Å². The van der Waals surface area contributed by atoms with E-state index in [4.69, 9.17) is 14.0 Å². The van der Waals surface area contributed by atoms with Gasteiger partial charge in [0.1, 0.15) is 23.5 Å². The molecule has 4 aliphatic rings. The molecule has 4 amide bonds. The molecule has 1 aromatic carbocycles. The number of rotatable bonds is 6. The summed E-state index contributed by atoms with van der Waals surface area (Å²) in [6.07, 6.45) is 3.04. The minimum atomic E-state index is -4.33. The molecule has 7 atom stereocenters. The maximum Gasteiger partial charge on any atom is 0.410 e. The average Bonchev–Trinajstić information content (AvgIpc) is 3.35. The highest BCUT2D eigenvalue weighted by Gasteiger charge is 2.67. The fourth-order valence-corrected chi connectivity index (χ4v) is 8.99. The third-order valence-corrected chi connectivity index (χ3v) is 12.4. The van der Waals surface area contributed by atoms with Crippen LogP contribution in [0.1, 0.15) is 83.4 Å². The Morgan fingerprint density at radius 1 is 1.22 bits per heavy atom. The number of benzene rings is 1. The van der Waals surface area contributed by atoms with Crippen molar-refractivity contribution in [3.8, 4) is 0 Å². The van der Waals surface area contributed by atoms with Crippen LogP contribution < -0.4 is 10.6 Å². The molecule has 13 nitrogen and oxygen atoms in total. The van der Waals surface area contributed by atoms with E-state index in [1.54, 1.807) is 32.6 Å². The predicted octanol–water partition coefficient (Wildman–Crippen LogP) is 4.85. The number of amides is 4. The number of hydrogen-bond acceptors (Lipinski definition) is 8. The lowest BCUT2D eigenvalue weighted by atomic mass is 9.85. The Hall–Kier alpha value is -3.41. The lowest BCUT2D eigenvalue weighted by molar-refractivity contribution is -0.142. The number of alkyl carbamates (subject to hydrolysis) is 1. The molecule has 270 valence electrons. The van der Waals surface area contributed by atoms with Gasteiger partial charge in [0.2, 0.25) is 11.8 Å². The van der Waals surface area contributed by atoms with E-state index in [0.29, 0.717) is 13.1 Å². The SMILES string of the molecule is C=C[C@H]1C[C@@]1(NC(=O)[C@@H]1C[C@@H]2CN1C(=O)[C@H](C(C)(C)C)NC(=O)OC[C@@H](C)CCCCc1cccc3c1CN(C3)C(=O)O2)P(=O)(O)OCC. The minimum Gasteiger partial charge on any atom is -0.449 e. The van der Waals surface area contributed by atoms with Crippen molar-refractivity contribution in [2.75, 3.05) is 19.8 Å². The predicted molar refractivity (Wildman–Crippen MR) is 181 cm³/mol. The van der Waals surface area contributed by atoms with Gasteiger partial charge in [-0.15, -0.1) is 6.58 Å². The Morgan fingerprint density at radius 3 is 2.63 bits per heavy atom. The van der Waals surface area contributed by atoms with Crippen LogP contribution in [-0.2, 0) is 47.7 Å². The van der Waals surface area contributed by atoms with E-state index < -0.39 is 66.4 Å². The van der Waals surface area contributed by atoms with Gasteiger partial charge >= 0.3 is 19.8 Å². The number of nitrogens with one attached hydrogen (secondary N) is 2. The lowest BCUT2D eigenvalue weighted by Gasteiger charge is -2.35. The second-order valence-electron chi connectivity index (χ2n) is 14.9. The monoisotopic (exact) mass is 702 g/mol. The van der Waals surface area contributed by atoms with E-state index in [2.05, 4.69) is 23.3 Å². The first-order valence-corrected chi connectivity index (χ1v) is 18.9. The van der Waals surface area contributed by atoms with Crippen molar-refractivity contribution in [1.29, 1.82) is 0 Å². The van der Waals surface area contributed by atoms with E-state index >= 15 is 0 Å². The molecule has 5 rings (SSSR count). The van der Waals surface area contributed by atoms with Crippen LogP contribution in [0.2, 0.25) is 0 Å². The first-order chi connectivity index (χ1) is 23.1. The molecule has 4 bridgehead atoms. The van der Waals surface area contributed by atoms with Crippen molar-refractivity contribution < 1.29 is 42.6 Å². The van der Waals surface area contributed by atoms with Crippen LogP contribution in [0.3, 0.4) is 0 Å². The fourth-order valence-electron chi connectivity index (χ4n) is 7.21. The molecular weight excluding hydrogens is 651 g/mol. The van der Waals surface area contributed by atoms with E-state index in [-0.39, 0.29) is 38.5 Å². The van der Waals surface area contributed by atoms with Crippen LogP contribution in [-0.4, -0.2) is 81.9 Å². The number of fused-ring (bicyclic) bond motifs is 3. The second kappa shape index (κ2) is 14.4. The van der Waals surface area contributed by atoms with Crippen LogP contribution in [0.25, 0.3) is 0 Å². The van der Waals surface area contributed by atoms with E-state index in [9.17, 15) is 28.6 Å². The summed E-state index contributed by atoms with van der Waals surface area (Å²) in [5.74, 6) is -1.67. The topological polar surface area (TPSA) is 164 Å². The van der Waals surface area contributed by atoms with Gasteiger partial charge in [-0.2, -0.15) is 0 Å². The average molecular weight is 703 g/mol. The van der Waals surface area contributed by atoms with Crippen LogP contribution in [0.5, 0.6) is 0 Å². The summed E-state index contributed by atoms with van der Waals surface area (Å²) in [5, 5.41) is 3.87. The maximum absolute atomic E-state index is 14.3. The zero-order valence-electron chi connectivity index (χ0n) is 29.2. The second-order valence-corrected chi connectivity index (χ2v) is 17.0. The van der Waals surface area contributed by atoms with Gasteiger partial charge in [0.15, 0.2) is 0 Å². The Morgan fingerprint density at radius 2 is 1.96 bits per heavy atom. The van der Waals surface area contributed by atoms with Gasteiger partial charge in [-0.1, -0.05) is 58.4 Å². The molecule has 0 radical (unpaired) electrons. The molecule has 1 saturated heterocycles. The smallest absolute Gasteiger partial charge is 0.410 e. The van der Waals surface area contributed by atoms with Crippen molar-refractivity contribution in [3.63, 3.8) is 0 Å². The molecule has 3 aliphatic heterocycles. The zero-order valence-corrected chi connectivity index (χ0v) is 30.1. The molecule has 1 saturated carbocycles. The van der Waals surface area contributed by atoms with E-state index in [0.717, 1.165) is 36.8 Å². The van der Waals surface area contributed by atoms with Gasteiger partial charge in [-0.25, -0.2) is 9.59 Å². The van der Waals surface area contributed by atoms with Crippen molar-refractivity contribution in [3.05, 3.63) is 47.5 Å². The maximum atomic E-state index is 14.3. The highest BCUT2D eigenvalue weighted by Crippen LogP contribution is 2.70. The Bertz CT molecular complexity index is 1510. The van der Waals surface area contributed by atoms with Crippen LogP contribution in [0, 0.1) is 17.3 Å². The molecule has 1 unspecified atom stereocenters. The largest absolute Gasteiger partial charge is 0.449 e. The molecule has 1 aliphatic carbocycles. The third-order valence-electron chi connectivity index (χ3n) is 10.1. The van der Waals surface area contributed by atoms with Crippen molar-refractivity contribution >= 4 is 31.6 Å². The number of carbonyl (C=O) groups excluding carboxylic acids is 4. The standard InChI is InChI=1S/C35H51N4O9P/c1-7-25-17-35(25,49(44,45)47-8-2)37-30(40)28-16-26-19-39(28)31(41)29(34(4,5)6)36-32(42)46-21-22(3)12-9-10-13-23-14-11-15-24-18-38(20-27(23)24)33(43)48-26/h7,11,14-15,22,25-26,28-29H,1,8-10,12-13,16-21H2,2-6H3,(H,36,42)(H,37,40)(H,44,45)/t22-,25-,26+,28-,29+,35+/m0/s1. The van der Waals surface area contributed by atoms with Gasteiger partial charge < -0.3 is 34.4 Å². The van der Waals surface area contributed by atoms with Gasteiger partial charge in [0, 0.05) is 25.4 Å². The Kier molecular flexibility index (Phi) is 10.9. The number of nitrogens with zero attached hydrogens (tertiary/aromatic N) is 2. The number of ether oxygens (including phenoxy) is 2. The molecule has 3 heterocycles. The molecule has 1 aromatic rings. The molecule has 0 aromatic heterocycles. The lowest BCUT2D eigenvalue weighted by Crippen LogP contribution is -2.58. The van der Waals surface area contributed by atoms with Crippen molar-refractivity contribution in [1.82, 2.24) is 20.4 Å². The van der Waals surface area contributed by atoms with Crippen LogP contribution in [0.15, 0.2) is 30.9 Å². The molecule has 0 spiro atoms. The van der Waals surface area contributed by atoms with Crippen LogP contribution >= 0.6 is 7.60 Å². The van der Waals surface area contributed by atoms with E-state index in [1.807, 2.05) is 19.1 Å². The van der Waals surface area contributed by atoms with Gasteiger partial charge in [-0.05, 0) is 60.6 Å². The number of hydrogen-bond donors (Lipinski definition) is 3. The zero-order chi connectivity index (χ0) is 35.7. The normalized spacial score (nSPS) is 30.8. The van der Waals surface area contributed by atoms with Gasteiger partial charge in [-0.3, -0.25) is 19.1 Å². The van der Waals surface area contributed by atoms with Gasteiger partial charge in [0.25, 0.3) is 0 Å². The minimum absolute atomic E-state index is 0.0446. The number of carbonyl (C=O) groups is 4. The summed E-state index contributed by atoms with van der Waals surface area (Å²) in [4.78, 5) is 68.8. The number of cyclic esters (lactones) is 1. The Labute approximate surface area is 288 Å². The van der Waals surface area contributed by atoms with Crippen LogP contribution in [0.4, 0.5) is 9.59 Å². The first kappa shape index (κ1) is 36.9. The summed E-state index contributed by atoms with van der Waals surface area (Å²) in [7, 11) is -4.33. The van der Waals surface area contributed by atoms with E-state index in [1.165, 1.54) is 16.5 Å². The molecule has 3 N–H and O–H groups in total. The summed E-state index contributed by atoms with van der Waals surface area (Å²) >= 11 is 0. The number of aryl methyl sites for hydroxylation is 1. The summed E-state index contributed by atoms with van der Waals surface area (Å²) in [5.41, 5.74) is 2.57. The highest BCUT2D eigenvalue weighted by molar-refractivity contribution is 7.55. The molecule has 14 heteroatoms. The van der Waals surface area contributed by atoms with Gasteiger partial charge in [0.05, 0.1) is 19.8 Å². The summed E-state index contributed by atoms with van der Waals surface area (Å²) < 4.78 is 30.0. The molecule has 49 heavy (non-hydrogen) atoms. The molecule has 2 fully saturated rings. The van der Waals surface area contributed by atoms with Crippen molar-refractivity contribution in [2.24, 2.45) is 17.3 Å². The third kappa shape index (κ3) is 7.84. The molecular formula is C35H51N4O9P. The summed E-state index contributed by atoms with van der Waals surface area (Å²) in [6, 6.07) is 3.84.